The van der Waals surface area contributed by atoms with Crippen LogP contribution in [0, 0.1) is 18.6 Å². The second kappa shape index (κ2) is 9.09. The summed E-state index contributed by atoms with van der Waals surface area (Å²) in [7, 11) is 0. The molecule has 0 saturated carbocycles. The van der Waals surface area contributed by atoms with Crippen molar-refractivity contribution in [1.82, 2.24) is 0 Å². The van der Waals surface area contributed by atoms with E-state index in [-0.39, 0.29) is 23.1 Å². The van der Waals surface area contributed by atoms with Crippen LogP contribution in [0.3, 0.4) is 0 Å². The fraction of sp³-hybridized carbons (Fsp3) is 0.185. The SMILES string of the molecule is Cc1ccccc1C1/C(=C(\O)c2ccc(OC(C)C)cc2)C(=O)C(=O)N1c1ccc(F)c(F)c1. The Morgan fingerprint density at radius 1 is 0.971 bits per heavy atom. The second-order valence-corrected chi connectivity index (χ2v) is 8.32. The number of ether oxygens (including phenoxy) is 1. The van der Waals surface area contributed by atoms with E-state index >= 15 is 0 Å². The highest BCUT2D eigenvalue weighted by Crippen LogP contribution is 2.43. The number of nitrogens with zero attached hydrogens (tertiary/aromatic N) is 1. The largest absolute Gasteiger partial charge is 0.507 e. The molecule has 1 atom stereocenters. The monoisotopic (exact) mass is 463 g/mol. The van der Waals surface area contributed by atoms with Gasteiger partial charge in [0.25, 0.3) is 11.7 Å². The number of aryl methyl sites for hydroxylation is 1. The topological polar surface area (TPSA) is 66.8 Å². The molecule has 0 bridgehead atoms. The number of aliphatic hydroxyl groups is 1. The van der Waals surface area contributed by atoms with Crippen LogP contribution in [-0.4, -0.2) is 22.9 Å². The molecule has 1 N–H and O–H groups in total. The zero-order valence-corrected chi connectivity index (χ0v) is 18.9. The van der Waals surface area contributed by atoms with Gasteiger partial charge in [-0.3, -0.25) is 14.5 Å². The van der Waals surface area contributed by atoms with Crippen LogP contribution in [0.2, 0.25) is 0 Å². The lowest BCUT2D eigenvalue weighted by molar-refractivity contribution is -0.132. The predicted molar refractivity (Wildman–Crippen MR) is 125 cm³/mol. The highest BCUT2D eigenvalue weighted by atomic mass is 19.2. The van der Waals surface area contributed by atoms with Gasteiger partial charge in [0, 0.05) is 17.3 Å². The molecule has 3 aromatic rings. The van der Waals surface area contributed by atoms with E-state index in [1.165, 1.54) is 6.07 Å². The summed E-state index contributed by atoms with van der Waals surface area (Å²) in [6.45, 7) is 5.57. The predicted octanol–water partition coefficient (Wildman–Crippen LogP) is 5.69. The normalized spacial score (nSPS) is 17.5. The minimum absolute atomic E-state index is 0.00832. The molecule has 1 heterocycles. The van der Waals surface area contributed by atoms with Crippen LogP contribution in [0.5, 0.6) is 5.75 Å². The fourth-order valence-corrected chi connectivity index (χ4v) is 4.04. The van der Waals surface area contributed by atoms with E-state index in [4.69, 9.17) is 4.74 Å². The molecule has 1 aliphatic heterocycles. The number of Topliss-reactive ketones (excluding diaryl/α,β-unsaturated/α-hetero) is 1. The first-order valence-electron chi connectivity index (χ1n) is 10.8. The minimum Gasteiger partial charge on any atom is -0.507 e. The molecule has 1 unspecified atom stereocenters. The summed E-state index contributed by atoms with van der Waals surface area (Å²) in [6, 6.07) is 15.5. The number of anilines is 1. The first-order chi connectivity index (χ1) is 16.2. The number of benzene rings is 3. The standard InChI is InChI=1S/C27H23F2NO4/c1-15(2)34-19-11-8-17(9-12-19)25(31)23-24(20-7-5-4-6-16(20)3)30(27(33)26(23)32)18-10-13-21(28)22(29)14-18/h4-15,24,31H,1-3H3/b25-23+. The van der Waals surface area contributed by atoms with Crippen LogP contribution in [0.15, 0.2) is 72.3 Å². The Balaban J connectivity index is 1.90. The molecular formula is C27H23F2NO4. The van der Waals surface area contributed by atoms with Gasteiger partial charge in [0.05, 0.1) is 17.7 Å². The zero-order chi connectivity index (χ0) is 24.6. The lowest BCUT2D eigenvalue weighted by Crippen LogP contribution is -2.30. The summed E-state index contributed by atoms with van der Waals surface area (Å²) < 4.78 is 33.2. The van der Waals surface area contributed by atoms with E-state index in [0.717, 1.165) is 22.6 Å². The van der Waals surface area contributed by atoms with E-state index in [1.54, 1.807) is 55.5 Å². The molecule has 3 aromatic carbocycles. The summed E-state index contributed by atoms with van der Waals surface area (Å²) in [4.78, 5) is 27.4. The maximum absolute atomic E-state index is 14.0. The van der Waals surface area contributed by atoms with Crippen LogP contribution in [0.1, 0.15) is 36.6 Å². The van der Waals surface area contributed by atoms with Crippen molar-refractivity contribution in [2.45, 2.75) is 32.9 Å². The van der Waals surface area contributed by atoms with Crippen LogP contribution in [0.25, 0.3) is 5.76 Å². The van der Waals surface area contributed by atoms with Gasteiger partial charge in [-0.15, -0.1) is 0 Å². The van der Waals surface area contributed by atoms with E-state index in [1.807, 2.05) is 13.8 Å². The van der Waals surface area contributed by atoms with Gasteiger partial charge >= 0.3 is 0 Å². The van der Waals surface area contributed by atoms with Gasteiger partial charge in [0.1, 0.15) is 11.5 Å². The van der Waals surface area contributed by atoms with Crippen molar-refractivity contribution in [2.24, 2.45) is 0 Å². The van der Waals surface area contributed by atoms with E-state index in [9.17, 15) is 23.5 Å². The number of halogens is 2. The number of hydrogen-bond donors (Lipinski definition) is 1. The number of aliphatic hydroxyl groups excluding tert-OH is 1. The van der Waals surface area contributed by atoms with Gasteiger partial charge in [-0.2, -0.15) is 0 Å². The van der Waals surface area contributed by atoms with E-state index in [0.29, 0.717) is 16.9 Å². The van der Waals surface area contributed by atoms with Crippen molar-refractivity contribution in [3.8, 4) is 5.75 Å². The molecule has 0 spiro atoms. The Morgan fingerprint density at radius 2 is 1.65 bits per heavy atom. The van der Waals surface area contributed by atoms with Gasteiger partial charge in [-0.25, -0.2) is 8.78 Å². The Labute approximate surface area is 195 Å². The van der Waals surface area contributed by atoms with Crippen molar-refractivity contribution in [3.05, 3.63) is 101 Å². The first-order valence-corrected chi connectivity index (χ1v) is 10.8. The number of carbonyl (C=O) groups is 2. The fourth-order valence-electron chi connectivity index (χ4n) is 4.04. The van der Waals surface area contributed by atoms with Crippen LogP contribution in [-0.2, 0) is 9.59 Å². The average molecular weight is 463 g/mol. The minimum atomic E-state index is -1.15. The maximum atomic E-state index is 14.0. The van der Waals surface area contributed by atoms with Crippen LogP contribution < -0.4 is 9.64 Å². The smallest absolute Gasteiger partial charge is 0.300 e. The molecule has 174 valence electrons. The van der Waals surface area contributed by atoms with Crippen molar-refractivity contribution in [3.63, 3.8) is 0 Å². The summed E-state index contributed by atoms with van der Waals surface area (Å²) in [5.41, 5.74) is 1.52. The molecule has 1 aliphatic rings. The highest BCUT2D eigenvalue weighted by molar-refractivity contribution is 6.51. The maximum Gasteiger partial charge on any atom is 0.300 e. The molecule has 0 aromatic heterocycles. The third kappa shape index (κ3) is 4.17. The average Bonchev–Trinajstić information content (AvgIpc) is 3.06. The summed E-state index contributed by atoms with van der Waals surface area (Å²) >= 11 is 0. The molecule has 5 nitrogen and oxygen atoms in total. The molecular weight excluding hydrogens is 440 g/mol. The molecule has 0 aliphatic carbocycles. The first kappa shape index (κ1) is 23.2. The van der Waals surface area contributed by atoms with Gasteiger partial charge in [0.2, 0.25) is 0 Å². The Morgan fingerprint density at radius 3 is 2.26 bits per heavy atom. The quantitative estimate of drug-likeness (QED) is 0.300. The van der Waals surface area contributed by atoms with Crippen LogP contribution in [0.4, 0.5) is 14.5 Å². The Kier molecular flexibility index (Phi) is 6.20. The zero-order valence-electron chi connectivity index (χ0n) is 18.9. The summed E-state index contributed by atoms with van der Waals surface area (Å²) in [6.07, 6.45) is -0.0399. The van der Waals surface area contributed by atoms with Crippen LogP contribution >= 0.6 is 0 Å². The van der Waals surface area contributed by atoms with Crippen molar-refractivity contribution in [1.29, 1.82) is 0 Å². The number of hydrogen-bond acceptors (Lipinski definition) is 4. The molecule has 4 rings (SSSR count). The number of carbonyl (C=O) groups excluding carboxylic acids is 2. The molecule has 1 fully saturated rings. The van der Waals surface area contributed by atoms with Gasteiger partial charge in [-0.05, 0) is 68.3 Å². The number of ketones is 1. The third-order valence-corrected chi connectivity index (χ3v) is 5.61. The van der Waals surface area contributed by atoms with E-state index < -0.39 is 29.4 Å². The molecule has 0 radical (unpaired) electrons. The van der Waals surface area contributed by atoms with Gasteiger partial charge in [-0.1, -0.05) is 24.3 Å². The molecule has 34 heavy (non-hydrogen) atoms. The van der Waals surface area contributed by atoms with Gasteiger partial charge in [0.15, 0.2) is 11.6 Å². The highest BCUT2D eigenvalue weighted by Gasteiger charge is 2.47. The second-order valence-electron chi connectivity index (χ2n) is 8.32. The lowest BCUT2D eigenvalue weighted by atomic mass is 9.92. The number of amides is 1. The lowest BCUT2D eigenvalue weighted by Gasteiger charge is -2.26. The summed E-state index contributed by atoms with van der Waals surface area (Å²) in [5, 5.41) is 11.2. The third-order valence-electron chi connectivity index (χ3n) is 5.61. The van der Waals surface area contributed by atoms with E-state index in [2.05, 4.69) is 0 Å². The summed E-state index contributed by atoms with van der Waals surface area (Å²) in [5.74, 6) is -3.87. The molecule has 7 heteroatoms. The number of rotatable bonds is 5. The Hall–Kier alpha value is -4.00. The molecule has 1 saturated heterocycles. The Bertz CT molecular complexity index is 1300. The van der Waals surface area contributed by atoms with Crippen molar-refractivity contribution >= 4 is 23.1 Å². The van der Waals surface area contributed by atoms with Crippen molar-refractivity contribution in [2.75, 3.05) is 4.90 Å². The molecule has 1 amide bonds. The van der Waals surface area contributed by atoms with Crippen molar-refractivity contribution < 1.29 is 28.2 Å². The van der Waals surface area contributed by atoms with Gasteiger partial charge < -0.3 is 9.84 Å².